The highest BCUT2D eigenvalue weighted by Gasteiger charge is 2.20. The van der Waals surface area contributed by atoms with Gasteiger partial charge in [-0.2, -0.15) is 0 Å². The monoisotopic (exact) mass is 291 g/mol. The second-order valence-corrected chi connectivity index (χ2v) is 6.42. The second-order valence-electron chi connectivity index (χ2n) is 6.42. The molecule has 0 aromatic carbocycles. The Bertz CT molecular complexity index is 422. The number of nitrogens with one attached hydrogen (secondary N) is 1. The lowest BCUT2D eigenvalue weighted by molar-refractivity contribution is 0.231. The zero-order valence-corrected chi connectivity index (χ0v) is 13.6. The lowest BCUT2D eigenvalue weighted by Crippen LogP contribution is -2.26. The normalized spacial score (nSPS) is 19.3. The van der Waals surface area contributed by atoms with E-state index >= 15 is 0 Å². The Morgan fingerprint density at radius 1 is 1.48 bits per heavy atom. The molecule has 1 fully saturated rings. The highest BCUT2D eigenvalue weighted by molar-refractivity contribution is 5.29. The summed E-state index contributed by atoms with van der Waals surface area (Å²) < 4.78 is 5.98. The number of rotatable bonds is 8. The summed E-state index contributed by atoms with van der Waals surface area (Å²) in [6, 6.07) is 2.73. The van der Waals surface area contributed by atoms with Crippen LogP contribution in [0.3, 0.4) is 0 Å². The SMILES string of the molecule is CC(C)CNCc1ccncc1OCCC1CCCN1C. The van der Waals surface area contributed by atoms with E-state index in [0.717, 1.165) is 31.9 Å². The van der Waals surface area contributed by atoms with Gasteiger partial charge in [0.15, 0.2) is 0 Å². The molecule has 1 unspecified atom stereocenters. The lowest BCUT2D eigenvalue weighted by atomic mass is 10.1. The van der Waals surface area contributed by atoms with Crippen molar-refractivity contribution < 1.29 is 4.74 Å². The van der Waals surface area contributed by atoms with Crippen molar-refractivity contribution in [2.24, 2.45) is 5.92 Å². The Hall–Kier alpha value is -1.13. The molecule has 1 aromatic heterocycles. The number of pyridine rings is 1. The van der Waals surface area contributed by atoms with E-state index in [1.165, 1.54) is 24.9 Å². The first-order valence-corrected chi connectivity index (χ1v) is 8.13. The van der Waals surface area contributed by atoms with E-state index < -0.39 is 0 Å². The van der Waals surface area contributed by atoms with Crippen molar-refractivity contribution in [3.63, 3.8) is 0 Å². The Morgan fingerprint density at radius 3 is 3.05 bits per heavy atom. The van der Waals surface area contributed by atoms with Crippen LogP contribution in [0.15, 0.2) is 18.5 Å². The Labute approximate surface area is 128 Å². The van der Waals surface area contributed by atoms with Gasteiger partial charge < -0.3 is 15.0 Å². The first-order valence-electron chi connectivity index (χ1n) is 8.13. The Balaban J connectivity index is 1.79. The molecular weight excluding hydrogens is 262 g/mol. The molecule has 4 nitrogen and oxygen atoms in total. The fourth-order valence-electron chi connectivity index (χ4n) is 2.83. The van der Waals surface area contributed by atoms with Gasteiger partial charge in [0.1, 0.15) is 5.75 Å². The molecule has 21 heavy (non-hydrogen) atoms. The summed E-state index contributed by atoms with van der Waals surface area (Å²) in [5.74, 6) is 1.59. The third-order valence-corrected chi connectivity index (χ3v) is 4.12. The van der Waals surface area contributed by atoms with Gasteiger partial charge in [-0.1, -0.05) is 13.8 Å². The molecular formula is C17H29N3O. The van der Waals surface area contributed by atoms with E-state index in [1.54, 1.807) is 0 Å². The third kappa shape index (κ3) is 5.29. The summed E-state index contributed by atoms with van der Waals surface area (Å²) in [5.41, 5.74) is 1.20. The molecule has 2 rings (SSSR count). The minimum Gasteiger partial charge on any atom is -0.492 e. The van der Waals surface area contributed by atoms with Crippen LogP contribution in [0.5, 0.6) is 5.75 Å². The van der Waals surface area contributed by atoms with Crippen LogP contribution in [-0.4, -0.2) is 42.7 Å². The number of ether oxygens (including phenoxy) is 1. The van der Waals surface area contributed by atoms with Gasteiger partial charge in [0.2, 0.25) is 0 Å². The minimum absolute atomic E-state index is 0.661. The maximum atomic E-state index is 5.98. The van der Waals surface area contributed by atoms with Crippen LogP contribution >= 0.6 is 0 Å². The van der Waals surface area contributed by atoms with Crippen molar-refractivity contribution >= 4 is 0 Å². The van der Waals surface area contributed by atoms with Crippen LogP contribution in [0.2, 0.25) is 0 Å². The first-order chi connectivity index (χ1) is 10.2. The molecule has 4 heteroatoms. The van der Waals surface area contributed by atoms with Gasteiger partial charge in [-0.05, 0) is 51.4 Å². The number of hydrogen-bond acceptors (Lipinski definition) is 4. The fraction of sp³-hybridized carbons (Fsp3) is 0.706. The summed E-state index contributed by atoms with van der Waals surface area (Å²) in [6.45, 7) is 8.30. The predicted molar refractivity (Wildman–Crippen MR) is 86.5 cm³/mol. The maximum Gasteiger partial charge on any atom is 0.142 e. The quantitative estimate of drug-likeness (QED) is 0.799. The average Bonchev–Trinajstić information content (AvgIpc) is 2.86. The Kier molecular flexibility index (Phi) is 6.46. The van der Waals surface area contributed by atoms with Gasteiger partial charge in [-0.15, -0.1) is 0 Å². The largest absolute Gasteiger partial charge is 0.492 e. The molecule has 0 amide bonds. The van der Waals surface area contributed by atoms with Crippen molar-refractivity contribution in [3.05, 3.63) is 24.0 Å². The topological polar surface area (TPSA) is 37.4 Å². The third-order valence-electron chi connectivity index (χ3n) is 4.12. The molecule has 1 aliphatic rings. The summed E-state index contributed by atoms with van der Waals surface area (Å²) in [5, 5.41) is 3.46. The molecule has 0 aliphatic carbocycles. The zero-order chi connectivity index (χ0) is 15.1. The molecule has 1 N–H and O–H groups in total. The van der Waals surface area contributed by atoms with Gasteiger partial charge >= 0.3 is 0 Å². The van der Waals surface area contributed by atoms with E-state index in [2.05, 4.69) is 36.1 Å². The summed E-state index contributed by atoms with van der Waals surface area (Å²) in [6.07, 6.45) is 7.40. The molecule has 1 atom stereocenters. The number of nitrogens with zero attached hydrogens (tertiary/aromatic N) is 2. The number of aromatic nitrogens is 1. The van der Waals surface area contributed by atoms with Crippen LogP contribution in [0.4, 0.5) is 0 Å². The predicted octanol–water partition coefficient (Wildman–Crippen LogP) is 2.69. The van der Waals surface area contributed by atoms with Crippen molar-refractivity contribution in [2.75, 3.05) is 26.7 Å². The van der Waals surface area contributed by atoms with Crippen LogP contribution in [0.1, 0.15) is 38.7 Å². The summed E-state index contributed by atoms with van der Waals surface area (Å²) >= 11 is 0. The smallest absolute Gasteiger partial charge is 0.142 e. The van der Waals surface area contributed by atoms with Gasteiger partial charge in [0, 0.05) is 24.3 Å². The molecule has 1 aliphatic heterocycles. The minimum atomic E-state index is 0.661. The van der Waals surface area contributed by atoms with Gasteiger partial charge in [-0.3, -0.25) is 4.98 Å². The Morgan fingerprint density at radius 2 is 2.33 bits per heavy atom. The zero-order valence-electron chi connectivity index (χ0n) is 13.6. The average molecular weight is 291 g/mol. The van der Waals surface area contributed by atoms with Crippen molar-refractivity contribution in [1.29, 1.82) is 0 Å². The summed E-state index contributed by atoms with van der Waals surface area (Å²) in [4.78, 5) is 6.63. The van der Waals surface area contributed by atoms with E-state index in [-0.39, 0.29) is 0 Å². The van der Waals surface area contributed by atoms with E-state index in [0.29, 0.717) is 12.0 Å². The van der Waals surface area contributed by atoms with Crippen LogP contribution in [0, 0.1) is 5.92 Å². The molecule has 1 aromatic rings. The molecule has 0 saturated carbocycles. The molecule has 0 radical (unpaired) electrons. The molecule has 2 heterocycles. The van der Waals surface area contributed by atoms with Gasteiger partial charge in [0.05, 0.1) is 12.8 Å². The lowest BCUT2D eigenvalue weighted by Gasteiger charge is -2.19. The van der Waals surface area contributed by atoms with Crippen LogP contribution in [-0.2, 0) is 6.54 Å². The van der Waals surface area contributed by atoms with Crippen molar-refractivity contribution in [3.8, 4) is 5.75 Å². The highest BCUT2D eigenvalue weighted by Crippen LogP contribution is 2.20. The molecule has 0 spiro atoms. The number of hydrogen-bond donors (Lipinski definition) is 1. The molecule has 1 saturated heterocycles. The number of likely N-dealkylation sites (tertiary alicyclic amines) is 1. The molecule has 118 valence electrons. The van der Waals surface area contributed by atoms with Gasteiger partial charge in [0.25, 0.3) is 0 Å². The highest BCUT2D eigenvalue weighted by atomic mass is 16.5. The first kappa shape index (κ1) is 16.2. The molecule has 0 bridgehead atoms. The van der Waals surface area contributed by atoms with Crippen molar-refractivity contribution in [1.82, 2.24) is 15.2 Å². The van der Waals surface area contributed by atoms with Gasteiger partial charge in [-0.25, -0.2) is 0 Å². The van der Waals surface area contributed by atoms with Crippen LogP contribution < -0.4 is 10.1 Å². The second kappa shape index (κ2) is 8.35. The maximum absolute atomic E-state index is 5.98. The van der Waals surface area contributed by atoms with E-state index in [4.69, 9.17) is 4.74 Å². The van der Waals surface area contributed by atoms with E-state index in [9.17, 15) is 0 Å². The fourth-order valence-corrected chi connectivity index (χ4v) is 2.83. The summed E-state index contributed by atoms with van der Waals surface area (Å²) in [7, 11) is 2.21. The van der Waals surface area contributed by atoms with Crippen molar-refractivity contribution in [2.45, 2.75) is 45.7 Å². The van der Waals surface area contributed by atoms with Crippen LogP contribution in [0.25, 0.3) is 0 Å². The van der Waals surface area contributed by atoms with E-state index in [1.807, 2.05) is 18.5 Å². The standard InChI is InChI=1S/C17H29N3O/c1-14(2)11-19-12-15-6-8-18-13-17(15)21-10-7-16-5-4-9-20(16)3/h6,8,13-14,16,19H,4-5,7,9-12H2,1-3H3.